The predicted molar refractivity (Wildman–Crippen MR) is 128 cm³/mol. The number of benzene rings is 2. The molecule has 2 aromatic carbocycles. The first-order valence-corrected chi connectivity index (χ1v) is 11.3. The molecule has 0 spiro atoms. The van der Waals surface area contributed by atoms with Crippen LogP contribution in [0, 0.1) is 5.82 Å². The summed E-state index contributed by atoms with van der Waals surface area (Å²) >= 11 is 0. The Labute approximate surface area is 207 Å². The molecular formula is C26H25FN4O5. The summed E-state index contributed by atoms with van der Waals surface area (Å²) in [5.74, 6) is -1.19. The van der Waals surface area contributed by atoms with Gasteiger partial charge in [0.1, 0.15) is 5.82 Å². The van der Waals surface area contributed by atoms with Crippen LogP contribution in [0.5, 0.6) is 0 Å². The van der Waals surface area contributed by atoms with Gasteiger partial charge < -0.3 is 20.1 Å². The molecule has 1 saturated heterocycles. The molecule has 1 aliphatic rings. The van der Waals surface area contributed by atoms with Crippen molar-refractivity contribution in [1.82, 2.24) is 15.2 Å². The van der Waals surface area contributed by atoms with Crippen LogP contribution in [0.1, 0.15) is 27.6 Å². The number of rotatable bonds is 9. The van der Waals surface area contributed by atoms with Crippen molar-refractivity contribution < 1.29 is 28.2 Å². The maximum absolute atomic E-state index is 13.7. The van der Waals surface area contributed by atoms with Gasteiger partial charge in [0.2, 0.25) is 5.91 Å². The minimum atomic E-state index is -0.992. The van der Waals surface area contributed by atoms with Gasteiger partial charge in [-0.1, -0.05) is 24.3 Å². The monoisotopic (exact) mass is 492 g/mol. The molecule has 1 aromatic heterocycles. The molecule has 186 valence electrons. The van der Waals surface area contributed by atoms with Crippen molar-refractivity contribution in [3.05, 3.63) is 95.6 Å². The molecule has 4 rings (SSSR count). The molecule has 2 atom stereocenters. The molecule has 2 N–H and O–H groups in total. The van der Waals surface area contributed by atoms with E-state index in [2.05, 4.69) is 15.6 Å². The van der Waals surface area contributed by atoms with Gasteiger partial charge in [0.05, 0.1) is 18.7 Å². The zero-order valence-corrected chi connectivity index (χ0v) is 19.5. The summed E-state index contributed by atoms with van der Waals surface area (Å²) in [6, 6.07) is 14.8. The Kier molecular flexibility index (Phi) is 7.86. The van der Waals surface area contributed by atoms with Crippen LogP contribution in [0.15, 0.2) is 73.1 Å². The lowest BCUT2D eigenvalue weighted by molar-refractivity contribution is -0.126. The van der Waals surface area contributed by atoms with Crippen molar-refractivity contribution >= 4 is 23.6 Å². The lowest BCUT2D eigenvalue weighted by Gasteiger charge is -2.24. The molecule has 3 amide bonds. The molecule has 36 heavy (non-hydrogen) atoms. The number of anilines is 1. The van der Waals surface area contributed by atoms with E-state index in [1.807, 2.05) is 0 Å². The molecule has 10 heteroatoms. The van der Waals surface area contributed by atoms with Crippen molar-refractivity contribution in [3.63, 3.8) is 0 Å². The van der Waals surface area contributed by atoms with E-state index in [1.165, 1.54) is 36.4 Å². The third kappa shape index (κ3) is 5.84. The number of carbonyl (C=O) groups excluding carboxylic acids is 3. The summed E-state index contributed by atoms with van der Waals surface area (Å²) in [6.45, 7) is 0.543. The Morgan fingerprint density at radius 2 is 1.94 bits per heavy atom. The van der Waals surface area contributed by atoms with Crippen LogP contribution in [-0.4, -0.2) is 54.1 Å². The van der Waals surface area contributed by atoms with E-state index in [1.54, 1.807) is 48.7 Å². The Morgan fingerprint density at radius 3 is 2.64 bits per heavy atom. The van der Waals surface area contributed by atoms with Crippen LogP contribution in [0.4, 0.5) is 14.9 Å². The predicted octanol–water partition coefficient (Wildman–Crippen LogP) is 3.30. The van der Waals surface area contributed by atoms with Crippen molar-refractivity contribution in [2.75, 3.05) is 25.6 Å². The maximum Gasteiger partial charge on any atom is 0.411 e. The molecular weight excluding hydrogens is 467 g/mol. The van der Waals surface area contributed by atoms with Crippen molar-refractivity contribution in [1.29, 1.82) is 0 Å². The zero-order chi connectivity index (χ0) is 25.5. The van der Waals surface area contributed by atoms with Crippen LogP contribution in [0.3, 0.4) is 0 Å². The SMILES string of the molecule is COCCNC(=O)[C@@H]1[C@@H](c2ccc(NC(=O)c3cccnc3)cc2)OC(=O)N1Cc1cccc(F)c1. The van der Waals surface area contributed by atoms with Gasteiger partial charge >= 0.3 is 6.09 Å². The number of cyclic esters (lactones) is 1. The van der Waals surface area contributed by atoms with Crippen LogP contribution >= 0.6 is 0 Å². The van der Waals surface area contributed by atoms with Gasteiger partial charge in [0.25, 0.3) is 5.91 Å². The molecule has 0 aliphatic carbocycles. The number of carbonyl (C=O) groups is 3. The second kappa shape index (κ2) is 11.4. The Hall–Kier alpha value is -4.31. The molecule has 0 saturated carbocycles. The quantitative estimate of drug-likeness (QED) is 0.444. The number of halogens is 1. The van der Waals surface area contributed by atoms with Crippen molar-refractivity contribution in [2.45, 2.75) is 18.7 Å². The first-order chi connectivity index (χ1) is 17.5. The van der Waals surface area contributed by atoms with E-state index >= 15 is 0 Å². The summed E-state index contributed by atoms with van der Waals surface area (Å²) in [7, 11) is 1.52. The number of aromatic nitrogens is 1. The fourth-order valence-electron chi connectivity index (χ4n) is 3.88. The number of amides is 3. The van der Waals surface area contributed by atoms with Crippen LogP contribution < -0.4 is 10.6 Å². The van der Waals surface area contributed by atoms with E-state index in [9.17, 15) is 18.8 Å². The highest BCUT2D eigenvalue weighted by Gasteiger charge is 2.46. The first-order valence-electron chi connectivity index (χ1n) is 11.3. The first kappa shape index (κ1) is 24.8. The number of hydrogen-bond acceptors (Lipinski definition) is 6. The number of hydrogen-bond donors (Lipinski definition) is 2. The maximum atomic E-state index is 13.7. The van der Waals surface area contributed by atoms with Crippen LogP contribution in [0.2, 0.25) is 0 Å². The molecule has 1 fully saturated rings. The van der Waals surface area contributed by atoms with E-state index in [-0.39, 0.29) is 19.0 Å². The fraction of sp³-hybridized carbons (Fsp3) is 0.231. The van der Waals surface area contributed by atoms with Gasteiger partial charge in [-0.3, -0.25) is 19.5 Å². The summed E-state index contributed by atoms with van der Waals surface area (Å²) in [4.78, 5) is 43.5. The van der Waals surface area contributed by atoms with E-state index in [4.69, 9.17) is 9.47 Å². The fourth-order valence-corrected chi connectivity index (χ4v) is 3.88. The van der Waals surface area contributed by atoms with E-state index in [0.717, 1.165) is 0 Å². The summed E-state index contributed by atoms with van der Waals surface area (Å²) in [5, 5.41) is 5.53. The lowest BCUT2D eigenvalue weighted by atomic mass is 10.00. The topological polar surface area (TPSA) is 110 Å². The summed E-state index contributed by atoms with van der Waals surface area (Å²) in [6.07, 6.45) is 1.44. The standard InChI is InChI=1S/C26H25FN4O5/c1-35-13-12-29-25(33)22-23(36-26(34)31(22)16-17-4-2-6-20(27)14-17)18-7-9-21(10-8-18)30-24(32)19-5-3-11-28-15-19/h2-11,14-15,22-23H,12-13,16H2,1H3,(H,29,33)(H,30,32)/t22-,23+/m0/s1. The normalized spacial score (nSPS) is 16.9. The molecule has 0 unspecified atom stereocenters. The van der Waals surface area contributed by atoms with E-state index < -0.39 is 30.0 Å². The third-order valence-corrected chi connectivity index (χ3v) is 5.62. The Morgan fingerprint density at radius 1 is 1.14 bits per heavy atom. The summed E-state index contributed by atoms with van der Waals surface area (Å²) < 4.78 is 24.3. The number of nitrogens with zero attached hydrogens (tertiary/aromatic N) is 2. The average Bonchev–Trinajstić information content (AvgIpc) is 3.21. The van der Waals surface area contributed by atoms with Crippen molar-refractivity contribution in [3.8, 4) is 0 Å². The Balaban J connectivity index is 1.54. The van der Waals surface area contributed by atoms with Crippen LogP contribution in [0.25, 0.3) is 0 Å². The van der Waals surface area contributed by atoms with Gasteiger partial charge in [0, 0.05) is 31.7 Å². The number of pyridine rings is 1. The van der Waals surface area contributed by atoms with E-state index in [0.29, 0.717) is 29.0 Å². The number of nitrogens with one attached hydrogen (secondary N) is 2. The van der Waals surface area contributed by atoms with Crippen LogP contribution in [-0.2, 0) is 20.8 Å². The second-order valence-electron chi connectivity index (χ2n) is 8.11. The minimum absolute atomic E-state index is 0.00525. The zero-order valence-electron chi connectivity index (χ0n) is 19.5. The Bertz CT molecular complexity index is 1220. The van der Waals surface area contributed by atoms with Gasteiger partial charge in [-0.05, 0) is 47.5 Å². The second-order valence-corrected chi connectivity index (χ2v) is 8.11. The molecule has 0 bridgehead atoms. The average molecular weight is 493 g/mol. The minimum Gasteiger partial charge on any atom is -0.438 e. The number of methoxy groups -OCH3 is 1. The number of ether oxygens (including phenoxy) is 2. The van der Waals surface area contributed by atoms with Gasteiger partial charge in [-0.2, -0.15) is 0 Å². The van der Waals surface area contributed by atoms with Gasteiger partial charge in [-0.25, -0.2) is 9.18 Å². The highest BCUT2D eigenvalue weighted by molar-refractivity contribution is 6.04. The molecule has 2 heterocycles. The smallest absolute Gasteiger partial charge is 0.411 e. The molecule has 1 aliphatic heterocycles. The molecule has 9 nitrogen and oxygen atoms in total. The highest BCUT2D eigenvalue weighted by atomic mass is 19.1. The molecule has 0 radical (unpaired) electrons. The van der Waals surface area contributed by atoms with Gasteiger partial charge in [0.15, 0.2) is 12.1 Å². The lowest BCUT2D eigenvalue weighted by Crippen LogP contribution is -2.47. The molecule has 3 aromatic rings. The van der Waals surface area contributed by atoms with Gasteiger partial charge in [-0.15, -0.1) is 0 Å². The highest BCUT2D eigenvalue weighted by Crippen LogP contribution is 2.34. The largest absolute Gasteiger partial charge is 0.438 e. The third-order valence-electron chi connectivity index (χ3n) is 5.62. The van der Waals surface area contributed by atoms with Crippen molar-refractivity contribution in [2.24, 2.45) is 0 Å². The summed E-state index contributed by atoms with van der Waals surface area (Å²) in [5.41, 5.74) is 2.02.